The molecule has 0 bridgehead atoms. The molecule has 0 radical (unpaired) electrons. The Hall–Kier alpha value is -5.57. The molecule has 2 heterocycles. The van der Waals surface area contributed by atoms with E-state index in [0.29, 0.717) is 0 Å². The summed E-state index contributed by atoms with van der Waals surface area (Å²) < 4.78 is 13.0. The van der Waals surface area contributed by atoms with E-state index in [2.05, 4.69) is 115 Å². The van der Waals surface area contributed by atoms with E-state index in [1.54, 1.807) is 0 Å². The predicted octanol–water partition coefficient (Wildman–Crippen LogP) is 12.1. The van der Waals surface area contributed by atoms with Gasteiger partial charge < -0.3 is 8.83 Å². The van der Waals surface area contributed by atoms with Crippen molar-refractivity contribution in [3.63, 3.8) is 0 Å². The molecule has 46 heavy (non-hydrogen) atoms. The average Bonchev–Trinajstić information content (AvgIpc) is 3.82. The van der Waals surface area contributed by atoms with Crippen molar-refractivity contribution < 1.29 is 8.83 Å². The van der Waals surface area contributed by atoms with Crippen LogP contribution in [0.3, 0.4) is 0 Å². The summed E-state index contributed by atoms with van der Waals surface area (Å²) in [7, 11) is 0. The normalized spacial score (nSPS) is 16.0. The third kappa shape index (κ3) is 2.89. The van der Waals surface area contributed by atoms with Gasteiger partial charge in [0.05, 0.1) is 5.41 Å². The van der Waals surface area contributed by atoms with Crippen LogP contribution < -0.4 is 0 Å². The highest BCUT2D eigenvalue weighted by molar-refractivity contribution is 6.31. The Morgan fingerprint density at radius 3 is 1.96 bits per heavy atom. The lowest BCUT2D eigenvalue weighted by molar-refractivity contribution is 0.668. The smallest absolute Gasteiger partial charge is 0.143 e. The molecule has 0 fully saturated rings. The van der Waals surface area contributed by atoms with Gasteiger partial charge in [0.1, 0.15) is 22.3 Å². The Labute approximate surface area is 269 Å². The zero-order chi connectivity index (χ0) is 30.1. The highest BCUT2D eigenvalue weighted by Crippen LogP contribution is 2.65. The zero-order valence-electron chi connectivity index (χ0n) is 24.5. The maximum absolute atomic E-state index is 6.85. The fraction of sp³-hybridized carbons (Fsp3) is 0.0233. The number of hydrogen-bond acceptors (Lipinski definition) is 2. The van der Waals surface area contributed by atoms with Gasteiger partial charge in [-0.1, -0.05) is 115 Å². The van der Waals surface area contributed by atoms with Crippen LogP contribution in [0.1, 0.15) is 22.3 Å². The summed E-state index contributed by atoms with van der Waals surface area (Å²) in [5.41, 5.74) is 15.1. The molecule has 2 nitrogen and oxygen atoms in total. The summed E-state index contributed by atoms with van der Waals surface area (Å²) in [6, 6.07) is 49.8. The number of halogens is 1. The van der Waals surface area contributed by atoms with Crippen molar-refractivity contribution >= 4 is 55.5 Å². The van der Waals surface area contributed by atoms with Gasteiger partial charge in [0, 0.05) is 32.1 Å². The van der Waals surface area contributed by atoms with E-state index in [1.807, 2.05) is 24.3 Å². The molecule has 0 aliphatic heterocycles. The van der Waals surface area contributed by atoms with Crippen LogP contribution >= 0.6 is 11.6 Å². The van der Waals surface area contributed by atoms with E-state index in [-0.39, 0.29) is 0 Å². The maximum atomic E-state index is 6.85. The van der Waals surface area contributed by atoms with Crippen molar-refractivity contribution in [1.29, 1.82) is 0 Å². The van der Waals surface area contributed by atoms with Crippen LogP contribution in [0.5, 0.6) is 0 Å². The highest BCUT2D eigenvalue weighted by Gasteiger charge is 2.53. The Balaban J connectivity index is 1.26. The molecule has 0 amide bonds. The van der Waals surface area contributed by atoms with Gasteiger partial charge in [-0.15, -0.1) is 0 Å². The minimum Gasteiger partial charge on any atom is -0.456 e. The Morgan fingerprint density at radius 1 is 0.413 bits per heavy atom. The molecule has 0 N–H and O–H groups in total. The van der Waals surface area contributed by atoms with Crippen molar-refractivity contribution in [3.8, 4) is 33.4 Å². The van der Waals surface area contributed by atoms with Gasteiger partial charge in [-0.05, 0) is 86.5 Å². The molecule has 1 atom stereocenters. The summed E-state index contributed by atoms with van der Waals surface area (Å²) in [4.78, 5) is 0. The van der Waals surface area contributed by atoms with Gasteiger partial charge in [0.15, 0.2) is 0 Å². The van der Waals surface area contributed by atoms with Crippen molar-refractivity contribution in [2.75, 3.05) is 0 Å². The molecule has 214 valence electrons. The van der Waals surface area contributed by atoms with Crippen molar-refractivity contribution in [2.45, 2.75) is 5.41 Å². The number of para-hydroxylation sites is 2. The second-order valence-corrected chi connectivity index (χ2v) is 12.9. The van der Waals surface area contributed by atoms with Gasteiger partial charge in [0.2, 0.25) is 0 Å². The quantitative estimate of drug-likeness (QED) is 0.186. The summed E-state index contributed by atoms with van der Waals surface area (Å²) in [5, 5.41) is 5.26. The lowest BCUT2D eigenvalue weighted by Gasteiger charge is -2.30. The van der Waals surface area contributed by atoms with Gasteiger partial charge >= 0.3 is 0 Å². The van der Waals surface area contributed by atoms with Crippen molar-refractivity contribution in [1.82, 2.24) is 0 Å². The average molecular weight is 607 g/mol. The molecule has 3 heteroatoms. The molecule has 1 spiro atoms. The van der Waals surface area contributed by atoms with Crippen LogP contribution in [0.2, 0.25) is 5.02 Å². The van der Waals surface area contributed by atoms with Gasteiger partial charge in [-0.25, -0.2) is 0 Å². The van der Waals surface area contributed by atoms with Gasteiger partial charge in [-0.2, -0.15) is 0 Å². The zero-order valence-corrected chi connectivity index (χ0v) is 25.2. The Bertz CT molecular complexity index is 2780. The molecule has 0 saturated heterocycles. The molecular formula is C43H23ClO2. The number of hydrogen-bond donors (Lipinski definition) is 0. The third-order valence-electron chi connectivity index (χ3n) is 10.4. The predicted molar refractivity (Wildman–Crippen MR) is 188 cm³/mol. The summed E-state index contributed by atoms with van der Waals surface area (Å²) in [6.45, 7) is 0. The summed E-state index contributed by atoms with van der Waals surface area (Å²) >= 11 is 6.85. The van der Waals surface area contributed by atoms with Gasteiger partial charge in [-0.3, -0.25) is 0 Å². The Kier molecular flexibility index (Phi) is 4.60. The first-order valence-corrected chi connectivity index (χ1v) is 16.0. The number of benzene rings is 7. The number of fused-ring (bicyclic) bond motifs is 17. The second-order valence-electron chi connectivity index (χ2n) is 12.5. The highest BCUT2D eigenvalue weighted by atomic mass is 35.5. The summed E-state index contributed by atoms with van der Waals surface area (Å²) in [6.07, 6.45) is 0. The van der Waals surface area contributed by atoms with E-state index in [9.17, 15) is 0 Å². The van der Waals surface area contributed by atoms with Crippen LogP contribution in [0.15, 0.2) is 148 Å². The fourth-order valence-corrected chi connectivity index (χ4v) is 8.77. The first-order valence-electron chi connectivity index (χ1n) is 15.6. The number of rotatable bonds is 1. The van der Waals surface area contributed by atoms with Crippen molar-refractivity contribution in [3.05, 3.63) is 167 Å². The van der Waals surface area contributed by atoms with Crippen LogP contribution in [0.25, 0.3) is 77.3 Å². The summed E-state index contributed by atoms with van der Waals surface area (Å²) in [5.74, 6) is 0. The largest absolute Gasteiger partial charge is 0.456 e. The topological polar surface area (TPSA) is 26.3 Å². The van der Waals surface area contributed by atoms with E-state index in [4.69, 9.17) is 20.4 Å². The van der Waals surface area contributed by atoms with Crippen LogP contribution in [0, 0.1) is 0 Å². The molecule has 7 aromatic carbocycles. The van der Waals surface area contributed by atoms with E-state index < -0.39 is 5.41 Å². The standard InChI is InChI=1S/C43H23ClO2/c44-25-17-19-32-36(23-25)43(35-21-20-30-28-9-3-6-15-38(28)46-42(30)41(32)35)33-12-4-1-10-31(33)40-26(11-7-13-34(40)43)24-16-18-29-27-8-2-5-14-37(27)45-39(29)22-24/h1-23H. The van der Waals surface area contributed by atoms with Crippen LogP contribution in [-0.4, -0.2) is 0 Å². The lowest BCUT2D eigenvalue weighted by atomic mass is 9.70. The van der Waals surface area contributed by atoms with Crippen LogP contribution in [0.4, 0.5) is 0 Å². The van der Waals surface area contributed by atoms with E-state index in [1.165, 1.54) is 44.5 Å². The Morgan fingerprint density at radius 2 is 1.07 bits per heavy atom. The molecular weight excluding hydrogens is 584 g/mol. The van der Waals surface area contributed by atoms with Crippen LogP contribution in [-0.2, 0) is 5.41 Å². The molecule has 2 aromatic heterocycles. The first-order chi connectivity index (χ1) is 22.7. The molecule has 0 saturated carbocycles. The minimum absolute atomic E-state index is 0.547. The molecule has 11 rings (SSSR count). The third-order valence-corrected chi connectivity index (χ3v) is 10.6. The van der Waals surface area contributed by atoms with E-state index in [0.717, 1.165) is 60.0 Å². The van der Waals surface area contributed by atoms with Crippen molar-refractivity contribution in [2.24, 2.45) is 0 Å². The first kappa shape index (κ1) is 24.7. The minimum atomic E-state index is -0.547. The molecule has 2 aliphatic carbocycles. The fourth-order valence-electron chi connectivity index (χ4n) is 8.60. The maximum Gasteiger partial charge on any atom is 0.143 e. The lowest BCUT2D eigenvalue weighted by Crippen LogP contribution is -2.25. The molecule has 1 unspecified atom stereocenters. The van der Waals surface area contributed by atoms with E-state index >= 15 is 0 Å². The monoisotopic (exact) mass is 606 g/mol. The molecule has 2 aliphatic rings. The van der Waals surface area contributed by atoms with Gasteiger partial charge in [0.25, 0.3) is 0 Å². The number of furan rings is 2. The second kappa shape index (κ2) is 8.57. The molecule has 9 aromatic rings. The SMILES string of the molecule is Clc1ccc2c(c1)C1(c3ccccc3-c3c(-c4ccc5c(c4)oc4ccccc45)cccc31)c1ccc3c(oc4ccccc43)c1-2.